The molecule has 0 aliphatic rings. The van der Waals surface area contributed by atoms with Crippen LogP contribution in [-0.4, -0.2) is 47.0 Å². The van der Waals surface area contributed by atoms with Crippen molar-refractivity contribution in [1.29, 1.82) is 0 Å². The number of likely N-dealkylation sites (N-methyl/N-ethyl adjacent to an activating group) is 1. The second kappa shape index (κ2) is 7.54. The van der Waals surface area contributed by atoms with Crippen molar-refractivity contribution >= 4 is 11.8 Å². The Bertz CT molecular complexity index is 555. The Morgan fingerprint density at radius 2 is 1.86 bits per heavy atom. The molecule has 0 saturated carbocycles. The van der Waals surface area contributed by atoms with Crippen molar-refractivity contribution in [2.45, 2.75) is 13.5 Å². The summed E-state index contributed by atoms with van der Waals surface area (Å²) in [7, 11) is 4.08. The molecule has 0 radical (unpaired) electrons. The Kier molecular flexibility index (Phi) is 5.45. The van der Waals surface area contributed by atoms with Crippen LogP contribution in [0, 0.1) is 6.92 Å². The van der Waals surface area contributed by atoms with Gasteiger partial charge in [0.25, 0.3) is 0 Å². The van der Waals surface area contributed by atoms with E-state index in [9.17, 15) is 0 Å². The molecule has 2 heterocycles. The van der Waals surface area contributed by atoms with Gasteiger partial charge in [0.2, 0.25) is 5.95 Å². The average Bonchev–Trinajstić information content (AvgIpc) is 2.45. The minimum atomic E-state index is 0.661. The first kappa shape index (κ1) is 15.2. The summed E-state index contributed by atoms with van der Waals surface area (Å²) in [5.41, 5.74) is 2.11. The molecule has 112 valence electrons. The monoisotopic (exact) mass is 286 g/mol. The third-order valence-corrected chi connectivity index (χ3v) is 2.92. The van der Waals surface area contributed by atoms with E-state index >= 15 is 0 Å². The predicted molar refractivity (Wildman–Crippen MR) is 85.4 cm³/mol. The zero-order valence-electron chi connectivity index (χ0n) is 12.8. The van der Waals surface area contributed by atoms with E-state index in [2.05, 4.69) is 30.5 Å². The summed E-state index contributed by atoms with van der Waals surface area (Å²) in [6.07, 6.45) is 3.58. The second-order valence-electron chi connectivity index (χ2n) is 5.16. The maximum absolute atomic E-state index is 4.48. The number of rotatable bonds is 7. The Hall–Kier alpha value is -2.21. The first-order valence-electron chi connectivity index (χ1n) is 7.00. The lowest BCUT2D eigenvalue weighted by molar-refractivity contribution is 0.425. The molecule has 2 aromatic heterocycles. The fraction of sp³-hybridized carbons (Fsp3) is 0.400. The van der Waals surface area contributed by atoms with Crippen molar-refractivity contribution in [3.63, 3.8) is 0 Å². The van der Waals surface area contributed by atoms with Crippen LogP contribution in [0.25, 0.3) is 0 Å². The van der Waals surface area contributed by atoms with Crippen molar-refractivity contribution < 1.29 is 0 Å². The van der Waals surface area contributed by atoms with Gasteiger partial charge in [0.15, 0.2) is 0 Å². The number of anilines is 2. The lowest BCUT2D eigenvalue weighted by Crippen LogP contribution is -2.21. The van der Waals surface area contributed by atoms with Gasteiger partial charge < -0.3 is 15.5 Å². The maximum Gasteiger partial charge on any atom is 0.224 e. The first-order chi connectivity index (χ1) is 10.1. The average molecular weight is 286 g/mol. The van der Waals surface area contributed by atoms with Gasteiger partial charge in [-0.25, -0.2) is 4.98 Å². The topological polar surface area (TPSA) is 66.0 Å². The molecule has 2 rings (SSSR count). The number of hydrogen-bond acceptors (Lipinski definition) is 6. The van der Waals surface area contributed by atoms with Gasteiger partial charge in [-0.05, 0) is 38.7 Å². The summed E-state index contributed by atoms with van der Waals surface area (Å²) in [6, 6.07) is 5.91. The lowest BCUT2D eigenvalue weighted by atomic mass is 10.3. The van der Waals surface area contributed by atoms with Gasteiger partial charge in [0, 0.05) is 43.8 Å². The van der Waals surface area contributed by atoms with Gasteiger partial charge >= 0.3 is 0 Å². The third kappa shape index (κ3) is 5.35. The minimum absolute atomic E-state index is 0.661. The van der Waals surface area contributed by atoms with Crippen molar-refractivity contribution in [2.75, 3.05) is 37.8 Å². The second-order valence-corrected chi connectivity index (χ2v) is 5.16. The minimum Gasteiger partial charge on any atom is -0.366 e. The number of aryl methyl sites for hydroxylation is 1. The summed E-state index contributed by atoms with van der Waals surface area (Å²) in [5.74, 6) is 1.49. The van der Waals surface area contributed by atoms with Crippen LogP contribution in [0.4, 0.5) is 11.8 Å². The van der Waals surface area contributed by atoms with E-state index in [-0.39, 0.29) is 0 Å². The highest BCUT2D eigenvalue weighted by molar-refractivity contribution is 5.42. The highest BCUT2D eigenvalue weighted by Crippen LogP contribution is 2.10. The van der Waals surface area contributed by atoms with Crippen LogP contribution in [0.2, 0.25) is 0 Å². The molecule has 0 fully saturated rings. The molecule has 0 saturated heterocycles. The van der Waals surface area contributed by atoms with E-state index in [1.807, 2.05) is 39.2 Å². The number of nitrogens with one attached hydrogen (secondary N) is 2. The molecular weight excluding hydrogens is 264 g/mol. The van der Waals surface area contributed by atoms with Gasteiger partial charge in [0.1, 0.15) is 5.82 Å². The van der Waals surface area contributed by atoms with E-state index in [4.69, 9.17) is 0 Å². The summed E-state index contributed by atoms with van der Waals surface area (Å²) in [5, 5.41) is 6.55. The van der Waals surface area contributed by atoms with Crippen LogP contribution < -0.4 is 10.6 Å². The normalized spacial score (nSPS) is 10.7. The highest BCUT2D eigenvalue weighted by atomic mass is 15.2. The van der Waals surface area contributed by atoms with Crippen molar-refractivity contribution in [2.24, 2.45) is 0 Å². The smallest absolute Gasteiger partial charge is 0.224 e. The predicted octanol–water partition coefficient (Wildman–Crippen LogP) is 1.77. The van der Waals surface area contributed by atoms with Crippen molar-refractivity contribution in [3.8, 4) is 0 Å². The third-order valence-electron chi connectivity index (χ3n) is 2.92. The summed E-state index contributed by atoms with van der Waals surface area (Å²) in [4.78, 5) is 15.0. The molecule has 0 unspecified atom stereocenters. The largest absolute Gasteiger partial charge is 0.366 e. The van der Waals surface area contributed by atoms with Gasteiger partial charge in [-0.3, -0.25) is 4.98 Å². The Morgan fingerprint density at radius 1 is 1.10 bits per heavy atom. The van der Waals surface area contributed by atoms with E-state index in [1.165, 1.54) is 5.56 Å². The lowest BCUT2D eigenvalue weighted by Gasteiger charge is -2.12. The van der Waals surface area contributed by atoms with E-state index < -0.39 is 0 Å². The Morgan fingerprint density at radius 3 is 2.57 bits per heavy atom. The van der Waals surface area contributed by atoms with Crippen LogP contribution in [0.1, 0.15) is 11.3 Å². The molecule has 2 N–H and O–H groups in total. The maximum atomic E-state index is 4.48. The van der Waals surface area contributed by atoms with Gasteiger partial charge in [0.05, 0.1) is 0 Å². The number of aromatic nitrogens is 3. The summed E-state index contributed by atoms with van der Waals surface area (Å²) < 4.78 is 0. The zero-order chi connectivity index (χ0) is 15.1. The molecule has 0 bridgehead atoms. The van der Waals surface area contributed by atoms with Crippen LogP contribution in [0.3, 0.4) is 0 Å². The number of pyridine rings is 1. The van der Waals surface area contributed by atoms with E-state index in [1.54, 1.807) is 12.4 Å². The summed E-state index contributed by atoms with van der Waals surface area (Å²) in [6.45, 7) is 4.45. The SMILES string of the molecule is Cc1cc(NCc2ccncc2)nc(NCCN(C)C)n1. The first-order valence-corrected chi connectivity index (χ1v) is 7.00. The van der Waals surface area contributed by atoms with Crippen LogP contribution >= 0.6 is 0 Å². The Balaban J connectivity index is 1.94. The fourth-order valence-corrected chi connectivity index (χ4v) is 1.82. The molecule has 0 spiro atoms. The molecule has 0 aliphatic heterocycles. The van der Waals surface area contributed by atoms with Crippen molar-refractivity contribution in [3.05, 3.63) is 41.9 Å². The Labute approximate surface area is 125 Å². The standard InChI is InChI=1S/C15H22N6/c1-12-10-14(18-11-13-4-6-16-7-5-13)20-15(19-12)17-8-9-21(2)3/h4-7,10H,8-9,11H2,1-3H3,(H2,17,18,19,20). The number of nitrogens with zero attached hydrogens (tertiary/aromatic N) is 4. The van der Waals surface area contributed by atoms with E-state index in [0.29, 0.717) is 5.95 Å². The number of hydrogen-bond donors (Lipinski definition) is 2. The molecule has 0 amide bonds. The molecule has 0 aliphatic carbocycles. The molecule has 2 aromatic rings. The molecule has 6 nitrogen and oxygen atoms in total. The van der Waals surface area contributed by atoms with Crippen molar-refractivity contribution in [1.82, 2.24) is 19.9 Å². The van der Waals surface area contributed by atoms with Gasteiger partial charge in [-0.15, -0.1) is 0 Å². The molecule has 21 heavy (non-hydrogen) atoms. The quantitative estimate of drug-likeness (QED) is 0.808. The highest BCUT2D eigenvalue weighted by Gasteiger charge is 2.02. The molecule has 0 atom stereocenters. The molecule has 6 heteroatoms. The van der Waals surface area contributed by atoms with Crippen LogP contribution in [0.5, 0.6) is 0 Å². The van der Waals surface area contributed by atoms with Gasteiger partial charge in [-0.1, -0.05) is 0 Å². The van der Waals surface area contributed by atoms with Crippen LogP contribution in [0.15, 0.2) is 30.6 Å². The van der Waals surface area contributed by atoms with Gasteiger partial charge in [-0.2, -0.15) is 4.98 Å². The summed E-state index contributed by atoms with van der Waals surface area (Å²) >= 11 is 0. The van der Waals surface area contributed by atoms with E-state index in [0.717, 1.165) is 31.1 Å². The molecular formula is C15H22N6. The molecule has 0 aromatic carbocycles. The fourth-order valence-electron chi connectivity index (χ4n) is 1.82. The van der Waals surface area contributed by atoms with Crippen LogP contribution in [-0.2, 0) is 6.54 Å². The zero-order valence-corrected chi connectivity index (χ0v) is 12.8.